The molecule has 0 aliphatic rings. The van der Waals surface area contributed by atoms with Crippen molar-refractivity contribution < 1.29 is 31.2 Å². The second-order valence-electron chi connectivity index (χ2n) is 9.44. The molecule has 0 saturated heterocycles. The molecule has 3 rings (SSSR count). The maximum Gasteiger partial charge on any atom is 0.277 e. The molecule has 13 heteroatoms. The Morgan fingerprint density at radius 2 is 1.69 bits per heavy atom. The predicted octanol–water partition coefficient (Wildman–Crippen LogP) is 6.92. The van der Waals surface area contributed by atoms with Gasteiger partial charge in [0.2, 0.25) is 10.0 Å². The molecule has 210 valence electrons. The van der Waals surface area contributed by atoms with E-state index in [0.29, 0.717) is 0 Å². The number of sulfonamides is 1. The van der Waals surface area contributed by atoms with E-state index < -0.39 is 51.1 Å². The summed E-state index contributed by atoms with van der Waals surface area (Å²) in [5.74, 6) is -4.86. The number of carbonyl (C=O) groups is 1. The minimum absolute atomic E-state index is 0.122. The lowest BCUT2D eigenvalue weighted by Gasteiger charge is -2.21. The molecule has 0 aliphatic carbocycles. The fraction of sp³-hybridized carbons (Fsp3) is 0.269. The molecule has 3 N–H and O–H groups in total. The third-order valence-electron chi connectivity index (χ3n) is 5.27. The van der Waals surface area contributed by atoms with E-state index in [4.69, 9.17) is 16.4 Å². The largest absolute Gasteiger partial charge is 0.351 e. The molecule has 0 spiro atoms. The quantitative estimate of drug-likeness (QED) is 0.167. The fourth-order valence-electron chi connectivity index (χ4n) is 3.33. The molecular formula is C26H26ClF3IN3O4S. The summed E-state index contributed by atoms with van der Waals surface area (Å²) in [6.07, 6.45) is -0.485. The number of rotatable bonds is 9. The van der Waals surface area contributed by atoms with Crippen LogP contribution in [0.15, 0.2) is 42.5 Å². The smallest absolute Gasteiger partial charge is 0.277 e. The number of hydroxylamine groups is 1. The zero-order valence-electron chi connectivity index (χ0n) is 21.4. The van der Waals surface area contributed by atoms with E-state index in [9.17, 15) is 13.2 Å². The molecule has 0 radical (unpaired) electrons. The Hall–Kier alpha value is -2.55. The minimum atomic E-state index is -3.79. The highest BCUT2D eigenvalue weighted by Crippen LogP contribution is 2.34. The van der Waals surface area contributed by atoms with Crippen molar-refractivity contribution in [3.63, 3.8) is 0 Å². The normalized spacial score (nSPS) is 11.8. The van der Waals surface area contributed by atoms with Crippen molar-refractivity contribution in [1.82, 2.24) is 5.48 Å². The number of amides is 1. The van der Waals surface area contributed by atoms with Crippen molar-refractivity contribution in [2.45, 2.75) is 39.7 Å². The van der Waals surface area contributed by atoms with Gasteiger partial charge in [0.1, 0.15) is 0 Å². The average Bonchev–Trinajstić information content (AvgIpc) is 2.85. The van der Waals surface area contributed by atoms with Crippen LogP contribution in [-0.4, -0.2) is 25.7 Å². The topological polar surface area (TPSA) is 96.5 Å². The number of anilines is 3. The first-order valence-corrected chi connectivity index (χ1v) is 14.7. The van der Waals surface area contributed by atoms with E-state index in [1.165, 1.54) is 25.1 Å². The summed E-state index contributed by atoms with van der Waals surface area (Å²) in [6, 6.07) is 9.78. The van der Waals surface area contributed by atoms with Gasteiger partial charge in [-0.2, -0.15) is 0 Å². The molecule has 7 nitrogen and oxygen atoms in total. The van der Waals surface area contributed by atoms with Gasteiger partial charge >= 0.3 is 0 Å². The maximum atomic E-state index is 15.5. The van der Waals surface area contributed by atoms with Gasteiger partial charge < -0.3 is 5.32 Å². The number of benzene rings is 3. The van der Waals surface area contributed by atoms with Crippen LogP contribution in [0.25, 0.3) is 0 Å². The Balaban J connectivity index is 2.09. The maximum absolute atomic E-state index is 15.5. The van der Waals surface area contributed by atoms with E-state index in [1.54, 1.807) is 39.0 Å². The monoisotopic (exact) mass is 695 g/mol. The van der Waals surface area contributed by atoms with E-state index in [1.807, 2.05) is 22.6 Å². The Morgan fingerprint density at radius 3 is 2.31 bits per heavy atom. The summed E-state index contributed by atoms with van der Waals surface area (Å²) in [7, 11) is -3.79. The highest BCUT2D eigenvalue weighted by Gasteiger charge is 2.26. The minimum Gasteiger partial charge on any atom is -0.351 e. The van der Waals surface area contributed by atoms with Crippen LogP contribution in [0.5, 0.6) is 0 Å². The predicted molar refractivity (Wildman–Crippen MR) is 154 cm³/mol. The third kappa shape index (κ3) is 7.99. The number of nitrogens with one attached hydrogen (secondary N) is 3. The number of carbonyl (C=O) groups excluding carboxylic acids is 1. The molecule has 0 fully saturated rings. The van der Waals surface area contributed by atoms with Gasteiger partial charge in [-0.3, -0.25) is 14.4 Å². The zero-order chi connectivity index (χ0) is 29.1. The molecule has 0 saturated carbocycles. The number of hydrogen-bond acceptors (Lipinski definition) is 5. The van der Waals surface area contributed by atoms with Crippen LogP contribution in [0.2, 0.25) is 5.02 Å². The molecule has 0 atom stereocenters. The first-order chi connectivity index (χ1) is 18.1. The number of hydrogen-bond donors (Lipinski definition) is 3. The molecule has 3 aromatic carbocycles. The first kappa shape index (κ1) is 31.0. The molecule has 0 aliphatic heterocycles. The van der Waals surface area contributed by atoms with Crippen LogP contribution < -0.4 is 15.5 Å². The summed E-state index contributed by atoms with van der Waals surface area (Å²) in [5, 5.41) is 2.89. The summed E-state index contributed by atoms with van der Waals surface area (Å²) in [6.45, 7) is 6.42. The van der Waals surface area contributed by atoms with Crippen LogP contribution in [0, 0.1) is 21.0 Å². The summed E-state index contributed by atoms with van der Waals surface area (Å²) in [5.41, 5.74) is 0.0220. The van der Waals surface area contributed by atoms with Gasteiger partial charge in [0.05, 0.1) is 39.0 Å². The SMILES string of the molecule is CCS(=O)(=O)Nc1cccc(Cc2cc(C(=O)NOC(C)(C)C)c(Nc3ccc(I)cc3Cl)c(F)c2F)c1F. The molecule has 0 unspecified atom stereocenters. The van der Waals surface area contributed by atoms with Crippen LogP contribution >= 0.6 is 34.2 Å². The molecule has 1 amide bonds. The second-order valence-corrected chi connectivity index (χ2v) is 13.1. The first-order valence-electron chi connectivity index (χ1n) is 11.6. The highest BCUT2D eigenvalue weighted by atomic mass is 127. The van der Waals surface area contributed by atoms with Crippen LogP contribution in [-0.2, 0) is 21.3 Å². The standard InChI is InChI=1S/C26H26ClF3IN3O4S/c1-5-39(36,37)34-20-8-6-7-14(21(20)28)11-15-12-17(25(35)33-38-26(2,3)4)24(23(30)22(15)29)32-19-10-9-16(31)13-18(19)27/h6-10,12-13,32,34H,5,11H2,1-4H3,(H,33,35). The molecule has 39 heavy (non-hydrogen) atoms. The molecule has 3 aromatic rings. The van der Waals surface area contributed by atoms with Gasteiger partial charge in [0.25, 0.3) is 5.91 Å². The van der Waals surface area contributed by atoms with Crippen molar-refractivity contribution >= 4 is 67.2 Å². The fourth-order valence-corrected chi connectivity index (χ4v) is 4.87. The van der Waals surface area contributed by atoms with Gasteiger partial charge in [-0.05, 0) is 91.7 Å². The lowest BCUT2D eigenvalue weighted by atomic mass is 9.99. The van der Waals surface area contributed by atoms with Crippen LogP contribution in [0.4, 0.5) is 30.2 Å². The number of halogens is 5. The third-order valence-corrected chi connectivity index (χ3v) is 7.55. The molecule has 0 heterocycles. The van der Waals surface area contributed by atoms with Crippen molar-refractivity contribution in [3.8, 4) is 0 Å². The highest BCUT2D eigenvalue weighted by molar-refractivity contribution is 14.1. The van der Waals surface area contributed by atoms with E-state index in [-0.39, 0.29) is 38.8 Å². The molecule has 0 aromatic heterocycles. The van der Waals surface area contributed by atoms with Crippen molar-refractivity contribution in [2.24, 2.45) is 0 Å². The Bertz CT molecular complexity index is 1520. The summed E-state index contributed by atoms with van der Waals surface area (Å²) in [4.78, 5) is 18.4. The summed E-state index contributed by atoms with van der Waals surface area (Å²) >= 11 is 8.29. The lowest BCUT2D eigenvalue weighted by molar-refractivity contribution is -0.0589. The Kier molecular flexibility index (Phi) is 9.78. The van der Waals surface area contributed by atoms with E-state index in [0.717, 1.165) is 9.64 Å². The molecule has 0 bridgehead atoms. The average molecular weight is 696 g/mol. The van der Waals surface area contributed by atoms with Crippen LogP contribution in [0.3, 0.4) is 0 Å². The van der Waals surface area contributed by atoms with Crippen molar-refractivity contribution in [3.05, 3.63) is 85.2 Å². The van der Waals surface area contributed by atoms with E-state index in [2.05, 4.69) is 15.5 Å². The molecular weight excluding hydrogens is 670 g/mol. The van der Waals surface area contributed by atoms with Gasteiger partial charge in [-0.15, -0.1) is 0 Å². The van der Waals surface area contributed by atoms with Gasteiger partial charge in [0, 0.05) is 9.99 Å². The Labute approximate surface area is 243 Å². The Morgan fingerprint density at radius 1 is 1.00 bits per heavy atom. The lowest BCUT2D eigenvalue weighted by Crippen LogP contribution is -2.34. The summed E-state index contributed by atoms with van der Waals surface area (Å²) < 4.78 is 72.7. The van der Waals surface area contributed by atoms with Crippen LogP contribution in [0.1, 0.15) is 49.2 Å². The van der Waals surface area contributed by atoms with Gasteiger partial charge in [-0.1, -0.05) is 23.7 Å². The zero-order valence-corrected chi connectivity index (χ0v) is 25.1. The van der Waals surface area contributed by atoms with Crippen molar-refractivity contribution in [1.29, 1.82) is 0 Å². The van der Waals surface area contributed by atoms with Gasteiger partial charge in [-0.25, -0.2) is 27.1 Å². The van der Waals surface area contributed by atoms with Gasteiger partial charge in [0.15, 0.2) is 17.5 Å². The van der Waals surface area contributed by atoms with E-state index >= 15 is 13.2 Å². The van der Waals surface area contributed by atoms with Crippen molar-refractivity contribution in [2.75, 3.05) is 15.8 Å². The second kappa shape index (κ2) is 12.3.